The van der Waals surface area contributed by atoms with Crippen LogP contribution in [-0.2, 0) is 4.74 Å². The summed E-state index contributed by atoms with van der Waals surface area (Å²) < 4.78 is 4.90. The number of aromatic nitrogens is 1. The molecule has 0 atom stereocenters. The molecule has 9 heteroatoms. The SMILES string of the molecule is COC(=O)c1cc2[nH]c(O)c(C(=Nc3ccc(C(=O)N(CCO)CCN(C)C)cc3)c3ccccc3)c2cc1C. The average Bonchev–Trinajstić information content (AvgIpc) is 3.27. The van der Waals surface area contributed by atoms with E-state index in [-0.39, 0.29) is 24.9 Å². The van der Waals surface area contributed by atoms with Crippen molar-refractivity contribution in [3.05, 3.63) is 94.5 Å². The van der Waals surface area contributed by atoms with Gasteiger partial charge in [0.05, 0.1) is 36.2 Å². The van der Waals surface area contributed by atoms with Crippen LogP contribution in [-0.4, -0.2) is 90.0 Å². The van der Waals surface area contributed by atoms with Gasteiger partial charge in [-0.15, -0.1) is 0 Å². The molecule has 0 aliphatic heterocycles. The van der Waals surface area contributed by atoms with Gasteiger partial charge < -0.3 is 29.7 Å². The van der Waals surface area contributed by atoms with Gasteiger partial charge in [-0.2, -0.15) is 0 Å². The van der Waals surface area contributed by atoms with Gasteiger partial charge in [0, 0.05) is 41.7 Å². The largest absolute Gasteiger partial charge is 0.494 e. The standard InChI is InChI=1S/C31H34N4O5/c1-20-18-25-26(19-24(20)31(39)40-4)33-29(37)27(25)28(21-8-6-5-7-9-21)32-23-12-10-22(11-13-23)30(38)35(16-17-36)15-14-34(2)3/h5-13,18-19,33,36-37H,14-17H2,1-4H3. The Balaban J connectivity index is 1.76. The number of hydrogen-bond donors (Lipinski definition) is 3. The number of benzene rings is 3. The van der Waals surface area contributed by atoms with Gasteiger partial charge in [0.15, 0.2) is 5.88 Å². The molecule has 0 aliphatic carbocycles. The van der Waals surface area contributed by atoms with E-state index in [9.17, 15) is 19.8 Å². The summed E-state index contributed by atoms with van der Waals surface area (Å²) in [6, 6.07) is 19.9. The second kappa shape index (κ2) is 12.6. The van der Waals surface area contributed by atoms with Crippen molar-refractivity contribution in [3.8, 4) is 5.88 Å². The number of fused-ring (bicyclic) bond motifs is 1. The van der Waals surface area contributed by atoms with E-state index in [1.54, 1.807) is 35.2 Å². The normalized spacial score (nSPS) is 11.7. The number of aliphatic hydroxyl groups is 1. The Hall–Kier alpha value is -4.47. The molecule has 1 aromatic heterocycles. The topological polar surface area (TPSA) is 118 Å². The van der Waals surface area contributed by atoms with Crippen molar-refractivity contribution in [3.63, 3.8) is 0 Å². The molecule has 0 saturated carbocycles. The highest BCUT2D eigenvalue weighted by Crippen LogP contribution is 2.33. The van der Waals surface area contributed by atoms with Crippen molar-refractivity contribution in [1.82, 2.24) is 14.8 Å². The minimum Gasteiger partial charge on any atom is -0.494 e. The number of hydrogen-bond acceptors (Lipinski definition) is 7. The fourth-order valence-electron chi connectivity index (χ4n) is 4.51. The molecular weight excluding hydrogens is 508 g/mol. The van der Waals surface area contributed by atoms with Crippen LogP contribution < -0.4 is 0 Å². The number of aromatic hydroxyl groups is 1. The van der Waals surface area contributed by atoms with Crippen LogP contribution in [0.3, 0.4) is 0 Å². The predicted octanol–water partition coefficient (Wildman–Crippen LogP) is 4.13. The lowest BCUT2D eigenvalue weighted by Gasteiger charge is -2.23. The summed E-state index contributed by atoms with van der Waals surface area (Å²) in [5.41, 5.74) is 4.58. The first-order valence-electron chi connectivity index (χ1n) is 13.0. The minimum atomic E-state index is -0.458. The van der Waals surface area contributed by atoms with Gasteiger partial charge in [0.1, 0.15) is 0 Å². The molecule has 1 heterocycles. The van der Waals surface area contributed by atoms with E-state index in [4.69, 9.17) is 9.73 Å². The first-order valence-corrected chi connectivity index (χ1v) is 13.0. The quantitative estimate of drug-likeness (QED) is 0.205. The number of nitrogens with zero attached hydrogens (tertiary/aromatic N) is 3. The van der Waals surface area contributed by atoms with Crippen LogP contribution in [0.5, 0.6) is 5.88 Å². The molecule has 3 aromatic carbocycles. The van der Waals surface area contributed by atoms with Gasteiger partial charge in [0.2, 0.25) is 0 Å². The number of aryl methyl sites for hydroxylation is 1. The summed E-state index contributed by atoms with van der Waals surface area (Å²) in [7, 11) is 5.20. The molecule has 0 saturated heterocycles. The highest BCUT2D eigenvalue weighted by Gasteiger charge is 2.22. The van der Waals surface area contributed by atoms with Crippen molar-refractivity contribution in [2.45, 2.75) is 6.92 Å². The molecule has 208 valence electrons. The second-order valence-corrected chi connectivity index (χ2v) is 9.75. The minimum absolute atomic E-state index is 0.0774. The van der Waals surface area contributed by atoms with E-state index in [0.717, 1.165) is 5.56 Å². The molecule has 4 aromatic rings. The molecule has 0 fully saturated rings. The van der Waals surface area contributed by atoms with Crippen molar-refractivity contribution in [2.24, 2.45) is 4.99 Å². The lowest BCUT2D eigenvalue weighted by Crippen LogP contribution is -2.38. The smallest absolute Gasteiger partial charge is 0.338 e. The number of ether oxygens (including phenoxy) is 1. The Morgan fingerprint density at radius 1 is 0.950 bits per heavy atom. The zero-order chi connectivity index (χ0) is 28.8. The maximum Gasteiger partial charge on any atom is 0.338 e. The van der Waals surface area contributed by atoms with E-state index >= 15 is 0 Å². The third kappa shape index (κ3) is 6.22. The van der Waals surface area contributed by atoms with Gasteiger partial charge in [-0.05, 0) is 63.0 Å². The number of methoxy groups -OCH3 is 1. The Morgan fingerprint density at radius 2 is 1.65 bits per heavy atom. The Kier molecular flexibility index (Phi) is 8.98. The highest BCUT2D eigenvalue weighted by molar-refractivity contribution is 6.22. The van der Waals surface area contributed by atoms with E-state index in [2.05, 4.69) is 4.98 Å². The maximum absolute atomic E-state index is 13.1. The van der Waals surface area contributed by atoms with Crippen LogP contribution in [0.15, 0.2) is 71.7 Å². The number of rotatable bonds is 10. The summed E-state index contributed by atoms with van der Waals surface area (Å²) in [6.07, 6.45) is 0. The molecule has 40 heavy (non-hydrogen) atoms. The van der Waals surface area contributed by atoms with Crippen molar-refractivity contribution in [1.29, 1.82) is 0 Å². The van der Waals surface area contributed by atoms with Gasteiger partial charge in [0.25, 0.3) is 5.91 Å². The molecule has 0 bridgehead atoms. The third-order valence-corrected chi connectivity index (χ3v) is 6.64. The van der Waals surface area contributed by atoms with Gasteiger partial charge in [-0.1, -0.05) is 30.3 Å². The zero-order valence-corrected chi connectivity index (χ0v) is 23.1. The summed E-state index contributed by atoms with van der Waals surface area (Å²) in [4.78, 5) is 36.8. The number of likely N-dealkylation sites (N-methyl/N-ethyl adjacent to an activating group) is 1. The Bertz CT molecular complexity index is 1530. The fourth-order valence-corrected chi connectivity index (χ4v) is 4.51. The van der Waals surface area contributed by atoms with Crippen LogP contribution >= 0.6 is 0 Å². The van der Waals surface area contributed by atoms with Crippen LogP contribution in [0, 0.1) is 6.92 Å². The number of aromatic amines is 1. The van der Waals surface area contributed by atoms with Crippen LogP contribution in [0.2, 0.25) is 0 Å². The highest BCUT2D eigenvalue weighted by atomic mass is 16.5. The van der Waals surface area contributed by atoms with E-state index in [1.165, 1.54) is 7.11 Å². The molecule has 0 spiro atoms. The lowest BCUT2D eigenvalue weighted by atomic mass is 9.98. The van der Waals surface area contributed by atoms with E-state index in [0.29, 0.717) is 57.6 Å². The van der Waals surface area contributed by atoms with Gasteiger partial charge >= 0.3 is 5.97 Å². The first-order chi connectivity index (χ1) is 19.2. The van der Waals surface area contributed by atoms with Crippen LogP contribution in [0.4, 0.5) is 5.69 Å². The molecular formula is C31H34N4O5. The first kappa shape index (κ1) is 28.5. The Labute approximate surface area is 233 Å². The number of amides is 1. The fraction of sp³-hybridized carbons (Fsp3) is 0.258. The summed E-state index contributed by atoms with van der Waals surface area (Å²) in [6.45, 7) is 3.14. The van der Waals surface area contributed by atoms with Crippen molar-refractivity contribution in [2.75, 3.05) is 47.4 Å². The van der Waals surface area contributed by atoms with E-state index < -0.39 is 5.97 Å². The molecule has 3 N–H and O–H groups in total. The average molecular weight is 543 g/mol. The number of esters is 1. The Morgan fingerprint density at radius 3 is 2.27 bits per heavy atom. The number of nitrogens with one attached hydrogen (secondary N) is 1. The number of carbonyl (C=O) groups excluding carboxylic acids is 2. The molecule has 0 aliphatic rings. The number of aliphatic hydroxyl groups excluding tert-OH is 1. The number of carbonyl (C=O) groups is 2. The predicted molar refractivity (Wildman–Crippen MR) is 156 cm³/mol. The molecule has 1 amide bonds. The molecule has 0 unspecified atom stereocenters. The zero-order valence-electron chi connectivity index (χ0n) is 23.1. The third-order valence-electron chi connectivity index (χ3n) is 6.64. The van der Waals surface area contributed by atoms with Crippen molar-refractivity contribution >= 4 is 34.2 Å². The van der Waals surface area contributed by atoms with Gasteiger partial charge in [-0.25, -0.2) is 9.79 Å². The molecule has 4 rings (SSSR count). The van der Waals surface area contributed by atoms with Crippen LogP contribution in [0.1, 0.15) is 37.4 Å². The monoisotopic (exact) mass is 542 g/mol. The lowest BCUT2D eigenvalue weighted by molar-refractivity contribution is 0.0599. The van der Waals surface area contributed by atoms with Crippen LogP contribution in [0.25, 0.3) is 10.9 Å². The summed E-state index contributed by atoms with van der Waals surface area (Å²) in [5.74, 6) is -0.701. The maximum atomic E-state index is 13.1. The van der Waals surface area contributed by atoms with Gasteiger partial charge in [-0.3, -0.25) is 4.79 Å². The summed E-state index contributed by atoms with van der Waals surface area (Å²) >= 11 is 0. The number of H-pyrrole nitrogens is 1. The molecule has 9 nitrogen and oxygen atoms in total. The van der Waals surface area contributed by atoms with Crippen molar-refractivity contribution < 1.29 is 24.5 Å². The van der Waals surface area contributed by atoms with E-state index in [1.807, 2.05) is 62.3 Å². The summed E-state index contributed by atoms with van der Waals surface area (Å²) in [5, 5.41) is 21.2. The second-order valence-electron chi connectivity index (χ2n) is 9.75. The number of aliphatic imine (C=N–C) groups is 1. The molecule has 0 radical (unpaired) electrons.